The lowest BCUT2D eigenvalue weighted by atomic mass is 9.77. The van der Waals surface area contributed by atoms with Crippen molar-refractivity contribution < 1.29 is 19.1 Å². The number of halogens is 1. The number of allylic oxidation sites excluding steroid dienone is 2. The first-order chi connectivity index (χ1) is 8.06. The second-order valence-electron chi connectivity index (χ2n) is 3.89. The molecule has 0 amide bonds. The minimum atomic E-state index is -1.25. The van der Waals surface area contributed by atoms with Crippen LogP contribution < -0.4 is 0 Å². The molecule has 0 aromatic heterocycles. The fourth-order valence-corrected chi connectivity index (χ4v) is 2.23. The standard InChI is InChI=1S/C12H17ClO4/c1-3-16-10(14)12(11(15)17-4-2)7-5-6-9(13)8-12/h6H,3-5,7-8H2,1-2H3. The molecule has 0 aromatic carbocycles. The van der Waals surface area contributed by atoms with Crippen molar-refractivity contribution in [3.8, 4) is 0 Å². The van der Waals surface area contributed by atoms with Crippen LogP contribution in [0.25, 0.3) is 0 Å². The third-order valence-electron chi connectivity index (χ3n) is 2.74. The Bertz CT molecular complexity index is 317. The summed E-state index contributed by atoms with van der Waals surface area (Å²) in [6, 6.07) is 0. The molecule has 0 fully saturated rings. The predicted octanol–water partition coefficient (Wildman–Crippen LogP) is 2.41. The number of carbonyl (C=O) groups is 2. The smallest absolute Gasteiger partial charge is 0.323 e. The van der Waals surface area contributed by atoms with Crippen LogP contribution in [0.5, 0.6) is 0 Å². The fourth-order valence-electron chi connectivity index (χ4n) is 1.89. The van der Waals surface area contributed by atoms with E-state index in [1.54, 1.807) is 13.8 Å². The SMILES string of the molecule is CCOC(=O)C1(C(=O)OCC)CCC=C(Cl)C1. The van der Waals surface area contributed by atoms with Crippen LogP contribution in [0.2, 0.25) is 0 Å². The van der Waals surface area contributed by atoms with Crippen molar-refractivity contribution in [3.63, 3.8) is 0 Å². The van der Waals surface area contributed by atoms with Crippen molar-refractivity contribution in [1.29, 1.82) is 0 Å². The van der Waals surface area contributed by atoms with Crippen LogP contribution in [0.1, 0.15) is 33.1 Å². The van der Waals surface area contributed by atoms with E-state index in [1.165, 1.54) is 0 Å². The van der Waals surface area contributed by atoms with Crippen LogP contribution in [0.4, 0.5) is 0 Å². The first-order valence-electron chi connectivity index (χ1n) is 5.75. The Morgan fingerprint density at radius 3 is 2.24 bits per heavy atom. The summed E-state index contributed by atoms with van der Waals surface area (Å²) in [6.07, 6.45) is 2.96. The quantitative estimate of drug-likeness (QED) is 0.575. The summed E-state index contributed by atoms with van der Waals surface area (Å²) < 4.78 is 9.95. The van der Waals surface area contributed by atoms with E-state index in [4.69, 9.17) is 21.1 Å². The van der Waals surface area contributed by atoms with E-state index in [2.05, 4.69) is 0 Å². The molecule has 0 bridgehead atoms. The molecule has 0 atom stereocenters. The van der Waals surface area contributed by atoms with Gasteiger partial charge in [0.25, 0.3) is 0 Å². The summed E-state index contributed by atoms with van der Waals surface area (Å²) >= 11 is 5.93. The van der Waals surface area contributed by atoms with Gasteiger partial charge in [-0.2, -0.15) is 0 Å². The maximum absolute atomic E-state index is 12.0. The van der Waals surface area contributed by atoms with Gasteiger partial charge in [-0.15, -0.1) is 0 Å². The van der Waals surface area contributed by atoms with Gasteiger partial charge in [-0.25, -0.2) is 0 Å². The minimum absolute atomic E-state index is 0.173. The highest BCUT2D eigenvalue weighted by Crippen LogP contribution is 2.40. The van der Waals surface area contributed by atoms with Gasteiger partial charge in [-0.3, -0.25) is 9.59 Å². The third kappa shape index (κ3) is 3.00. The average Bonchev–Trinajstić information content (AvgIpc) is 2.29. The lowest BCUT2D eigenvalue weighted by molar-refractivity contribution is -0.172. The summed E-state index contributed by atoms with van der Waals surface area (Å²) in [6.45, 7) is 3.89. The summed E-state index contributed by atoms with van der Waals surface area (Å²) in [5.74, 6) is -1.07. The zero-order valence-corrected chi connectivity index (χ0v) is 10.9. The van der Waals surface area contributed by atoms with E-state index in [9.17, 15) is 9.59 Å². The Kier molecular flexibility index (Phi) is 5.00. The molecule has 1 rings (SSSR count). The molecule has 0 aliphatic heterocycles. The molecule has 1 aliphatic rings. The van der Waals surface area contributed by atoms with Gasteiger partial charge in [0.2, 0.25) is 0 Å². The van der Waals surface area contributed by atoms with Crippen molar-refractivity contribution in [2.24, 2.45) is 5.41 Å². The summed E-state index contributed by atoms with van der Waals surface area (Å²) in [5, 5.41) is 0.511. The highest BCUT2D eigenvalue weighted by Gasteiger charge is 2.49. The molecule has 0 saturated heterocycles. The number of ether oxygens (including phenoxy) is 2. The fraction of sp³-hybridized carbons (Fsp3) is 0.667. The molecule has 0 aromatic rings. The van der Waals surface area contributed by atoms with Gasteiger partial charge in [0.15, 0.2) is 5.41 Å². The topological polar surface area (TPSA) is 52.6 Å². The molecule has 0 saturated carbocycles. The Labute approximate surface area is 106 Å². The molecule has 0 heterocycles. The molecule has 0 N–H and O–H groups in total. The second kappa shape index (κ2) is 6.05. The van der Waals surface area contributed by atoms with Crippen LogP contribution >= 0.6 is 11.6 Å². The van der Waals surface area contributed by atoms with Crippen molar-refractivity contribution >= 4 is 23.5 Å². The largest absolute Gasteiger partial charge is 0.465 e. The van der Waals surface area contributed by atoms with E-state index >= 15 is 0 Å². The molecular formula is C12H17ClO4. The lowest BCUT2D eigenvalue weighted by Crippen LogP contribution is -2.43. The number of esters is 2. The van der Waals surface area contributed by atoms with Crippen molar-refractivity contribution in [2.75, 3.05) is 13.2 Å². The van der Waals surface area contributed by atoms with E-state index < -0.39 is 17.4 Å². The molecule has 5 heteroatoms. The molecule has 0 unspecified atom stereocenters. The van der Waals surface area contributed by atoms with Crippen LogP contribution in [0, 0.1) is 5.41 Å². The summed E-state index contributed by atoms with van der Waals surface area (Å²) in [4.78, 5) is 23.9. The molecule has 17 heavy (non-hydrogen) atoms. The Morgan fingerprint density at radius 2 is 1.82 bits per heavy atom. The van der Waals surface area contributed by atoms with Gasteiger partial charge in [0, 0.05) is 11.5 Å². The van der Waals surface area contributed by atoms with Gasteiger partial charge < -0.3 is 9.47 Å². The normalized spacial score (nSPS) is 18.2. The van der Waals surface area contributed by atoms with Gasteiger partial charge in [0.1, 0.15) is 0 Å². The zero-order valence-electron chi connectivity index (χ0n) is 10.1. The second-order valence-corrected chi connectivity index (χ2v) is 4.37. The molecule has 1 aliphatic carbocycles. The van der Waals surface area contributed by atoms with Crippen LogP contribution in [0.15, 0.2) is 11.1 Å². The van der Waals surface area contributed by atoms with Crippen molar-refractivity contribution in [1.82, 2.24) is 0 Å². The van der Waals surface area contributed by atoms with E-state index in [-0.39, 0.29) is 19.6 Å². The number of carbonyl (C=O) groups excluding carboxylic acids is 2. The van der Waals surface area contributed by atoms with E-state index in [0.29, 0.717) is 17.9 Å². The van der Waals surface area contributed by atoms with E-state index in [0.717, 1.165) is 0 Å². The van der Waals surface area contributed by atoms with Gasteiger partial charge in [0.05, 0.1) is 13.2 Å². The third-order valence-corrected chi connectivity index (χ3v) is 3.03. The highest BCUT2D eigenvalue weighted by molar-refractivity contribution is 6.30. The monoisotopic (exact) mass is 260 g/mol. The average molecular weight is 261 g/mol. The van der Waals surface area contributed by atoms with E-state index in [1.807, 2.05) is 6.08 Å². The number of hydrogen-bond donors (Lipinski definition) is 0. The minimum Gasteiger partial charge on any atom is -0.465 e. The lowest BCUT2D eigenvalue weighted by Gasteiger charge is -2.31. The Morgan fingerprint density at radius 1 is 1.29 bits per heavy atom. The zero-order chi connectivity index (χ0) is 12.9. The predicted molar refractivity (Wildman–Crippen MR) is 63.5 cm³/mol. The summed E-state index contributed by atoms with van der Waals surface area (Å²) in [5.41, 5.74) is -1.25. The van der Waals surface area contributed by atoms with Gasteiger partial charge >= 0.3 is 11.9 Å². The van der Waals surface area contributed by atoms with Crippen LogP contribution in [0.3, 0.4) is 0 Å². The first-order valence-corrected chi connectivity index (χ1v) is 6.13. The highest BCUT2D eigenvalue weighted by atomic mass is 35.5. The Balaban J connectivity index is 2.96. The molecular weight excluding hydrogens is 244 g/mol. The molecule has 0 radical (unpaired) electrons. The van der Waals surface area contributed by atoms with Crippen LogP contribution in [-0.4, -0.2) is 25.2 Å². The van der Waals surface area contributed by atoms with Crippen molar-refractivity contribution in [2.45, 2.75) is 33.1 Å². The summed E-state index contributed by atoms with van der Waals surface area (Å²) in [7, 11) is 0. The molecule has 96 valence electrons. The maximum atomic E-state index is 12.0. The number of hydrogen-bond acceptors (Lipinski definition) is 4. The van der Waals surface area contributed by atoms with Gasteiger partial charge in [-0.1, -0.05) is 17.7 Å². The molecule has 0 spiro atoms. The Hall–Kier alpha value is -1.03. The molecule has 4 nitrogen and oxygen atoms in total. The van der Waals surface area contributed by atoms with Crippen LogP contribution in [-0.2, 0) is 19.1 Å². The van der Waals surface area contributed by atoms with Crippen molar-refractivity contribution in [3.05, 3.63) is 11.1 Å². The van der Waals surface area contributed by atoms with Gasteiger partial charge in [-0.05, 0) is 26.7 Å². The maximum Gasteiger partial charge on any atom is 0.323 e. The first kappa shape index (κ1) is 14.0. The number of rotatable bonds is 4.